The summed E-state index contributed by atoms with van der Waals surface area (Å²) in [5.74, 6) is 0.0250. The fourth-order valence-electron chi connectivity index (χ4n) is 3.69. The minimum atomic E-state index is 0.0250. The Balaban J connectivity index is 1.76. The molecule has 0 spiro atoms. The SMILES string of the molecule is CC1CN(C(C)c2ccccc2)C(C)CN1C(=O)c1ccccc1Cl. The second-order valence-electron chi connectivity index (χ2n) is 6.92. The molecule has 1 fully saturated rings. The van der Waals surface area contributed by atoms with Crippen LogP contribution in [-0.4, -0.2) is 40.9 Å². The summed E-state index contributed by atoms with van der Waals surface area (Å²) >= 11 is 6.22. The van der Waals surface area contributed by atoms with Crippen molar-refractivity contribution in [1.82, 2.24) is 9.80 Å². The van der Waals surface area contributed by atoms with E-state index in [9.17, 15) is 4.79 Å². The van der Waals surface area contributed by atoms with E-state index in [2.05, 4.69) is 49.9 Å². The van der Waals surface area contributed by atoms with E-state index in [-0.39, 0.29) is 18.0 Å². The second kappa shape index (κ2) is 7.59. The number of carbonyl (C=O) groups excluding carboxylic acids is 1. The van der Waals surface area contributed by atoms with Crippen molar-refractivity contribution < 1.29 is 4.79 Å². The van der Waals surface area contributed by atoms with Gasteiger partial charge in [0.05, 0.1) is 10.6 Å². The summed E-state index contributed by atoms with van der Waals surface area (Å²) in [6.07, 6.45) is 0. The van der Waals surface area contributed by atoms with Crippen LogP contribution in [0.15, 0.2) is 54.6 Å². The highest BCUT2D eigenvalue weighted by Crippen LogP contribution is 2.28. The molecule has 1 saturated heterocycles. The van der Waals surface area contributed by atoms with Crippen molar-refractivity contribution in [3.63, 3.8) is 0 Å². The van der Waals surface area contributed by atoms with Gasteiger partial charge in [-0.05, 0) is 38.5 Å². The third kappa shape index (κ3) is 3.73. The molecule has 3 unspecified atom stereocenters. The Hall–Kier alpha value is -1.84. The molecule has 0 N–H and O–H groups in total. The maximum atomic E-state index is 12.9. The number of halogens is 1. The van der Waals surface area contributed by atoms with Gasteiger partial charge in [0.25, 0.3) is 5.91 Å². The number of carbonyl (C=O) groups is 1. The molecule has 25 heavy (non-hydrogen) atoms. The molecule has 4 heteroatoms. The van der Waals surface area contributed by atoms with Crippen molar-refractivity contribution in [3.05, 3.63) is 70.7 Å². The summed E-state index contributed by atoms with van der Waals surface area (Å²) in [5, 5.41) is 0.521. The third-order valence-corrected chi connectivity index (χ3v) is 5.51. The van der Waals surface area contributed by atoms with Crippen LogP contribution in [0.4, 0.5) is 0 Å². The lowest BCUT2D eigenvalue weighted by atomic mass is 10.00. The van der Waals surface area contributed by atoms with Gasteiger partial charge in [-0.1, -0.05) is 54.1 Å². The summed E-state index contributed by atoms with van der Waals surface area (Å²) in [7, 11) is 0. The van der Waals surface area contributed by atoms with Crippen molar-refractivity contribution in [1.29, 1.82) is 0 Å². The zero-order chi connectivity index (χ0) is 18.0. The van der Waals surface area contributed by atoms with E-state index in [4.69, 9.17) is 11.6 Å². The van der Waals surface area contributed by atoms with Crippen LogP contribution in [-0.2, 0) is 0 Å². The number of rotatable bonds is 3. The van der Waals surface area contributed by atoms with Crippen LogP contribution < -0.4 is 0 Å². The highest BCUT2D eigenvalue weighted by atomic mass is 35.5. The lowest BCUT2D eigenvalue weighted by molar-refractivity contribution is 0.0174. The van der Waals surface area contributed by atoms with Crippen molar-refractivity contribution in [2.45, 2.75) is 38.9 Å². The Morgan fingerprint density at radius 1 is 1.00 bits per heavy atom. The number of hydrogen-bond donors (Lipinski definition) is 0. The first-order valence-electron chi connectivity index (χ1n) is 8.85. The molecule has 2 aromatic rings. The van der Waals surface area contributed by atoms with E-state index in [1.165, 1.54) is 5.56 Å². The first-order valence-corrected chi connectivity index (χ1v) is 9.23. The van der Waals surface area contributed by atoms with Crippen LogP contribution in [0.25, 0.3) is 0 Å². The Bertz CT molecular complexity index is 734. The largest absolute Gasteiger partial charge is 0.333 e. The van der Waals surface area contributed by atoms with E-state index in [1.807, 2.05) is 23.1 Å². The number of hydrogen-bond acceptors (Lipinski definition) is 2. The number of amides is 1. The van der Waals surface area contributed by atoms with Gasteiger partial charge < -0.3 is 4.90 Å². The van der Waals surface area contributed by atoms with Crippen molar-refractivity contribution >= 4 is 17.5 Å². The normalized spacial score (nSPS) is 22.6. The summed E-state index contributed by atoms with van der Waals surface area (Å²) < 4.78 is 0. The summed E-state index contributed by atoms with van der Waals surface area (Å²) in [6, 6.07) is 18.6. The minimum Gasteiger partial charge on any atom is -0.333 e. The van der Waals surface area contributed by atoms with Crippen molar-refractivity contribution in [3.8, 4) is 0 Å². The van der Waals surface area contributed by atoms with Gasteiger partial charge in [0.1, 0.15) is 0 Å². The summed E-state index contributed by atoms with van der Waals surface area (Å²) in [6.45, 7) is 8.11. The fraction of sp³-hybridized carbons (Fsp3) is 0.381. The van der Waals surface area contributed by atoms with E-state index < -0.39 is 0 Å². The molecule has 1 aliphatic rings. The highest BCUT2D eigenvalue weighted by molar-refractivity contribution is 6.33. The van der Waals surface area contributed by atoms with Crippen LogP contribution in [0.3, 0.4) is 0 Å². The van der Waals surface area contributed by atoms with Crippen LogP contribution in [0, 0.1) is 0 Å². The molecule has 0 radical (unpaired) electrons. The van der Waals surface area contributed by atoms with Gasteiger partial charge in [-0.3, -0.25) is 9.69 Å². The first-order chi connectivity index (χ1) is 12.0. The average Bonchev–Trinajstić information content (AvgIpc) is 2.63. The lowest BCUT2D eigenvalue weighted by Gasteiger charge is -2.46. The number of benzene rings is 2. The van der Waals surface area contributed by atoms with Gasteiger partial charge in [-0.2, -0.15) is 0 Å². The smallest absolute Gasteiger partial charge is 0.255 e. The molecule has 3 nitrogen and oxygen atoms in total. The Labute approximate surface area is 155 Å². The molecule has 0 bridgehead atoms. The van der Waals surface area contributed by atoms with Gasteiger partial charge in [0, 0.05) is 31.2 Å². The maximum absolute atomic E-state index is 12.9. The summed E-state index contributed by atoms with van der Waals surface area (Å²) in [4.78, 5) is 17.4. The molecular weight excluding hydrogens is 332 g/mol. The molecule has 2 aromatic carbocycles. The van der Waals surface area contributed by atoms with Gasteiger partial charge in [0.15, 0.2) is 0 Å². The van der Waals surface area contributed by atoms with Gasteiger partial charge >= 0.3 is 0 Å². The Morgan fingerprint density at radius 2 is 1.64 bits per heavy atom. The monoisotopic (exact) mass is 356 g/mol. The van der Waals surface area contributed by atoms with Gasteiger partial charge in [0.2, 0.25) is 0 Å². The molecule has 3 rings (SSSR count). The van der Waals surface area contributed by atoms with E-state index in [0.717, 1.165) is 6.54 Å². The molecule has 1 heterocycles. The molecule has 0 aromatic heterocycles. The molecule has 1 aliphatic heterocycles. The predicted octanol–water partition coefficient (Wildman–Crippen LogP) is 4.64. The lowest BCUT2D eigenvalue weighted by Crippen LogP contribution is -2.58. The number of piperazine rings is 1. The molecule has 0 saturated carbocycles. The average molecular weight is 357 g/mol. The van der Waals surface area contributed by atoms with Crippen LogP contribution in [0.1, 0.15) is 42.7 Å². The molecule has 1 amide bonds. The molecular formula is C21H25ClN2O. The predicted molar refractivity (Wildman–Crippen MR) is 103 cm³/mol. The van der Waals surface area contributed by atoms with Gasteiger partial charge in [-0.15, -0.1) is 0 Å². The zero-order valence-corrected chi connectivity index (χ0v) is 15.8. The fourth-order valence-corrected chi connectivity index (χ4v) is 3.90. The van der Waals surface area contributed by atoms with Crippen LogP contribution in [0.5, 0.6) is 0 Å². The van der Waals surface area contributed by atoms with Crippen LogP contribution in [0.2, 0.25) is 5.02 Å². The minimum absolute atomic E-state index is 0.0250. The standard InChI is InChI=1S/C21H25ClN2O/c1-15-14-24(21(25)19-11-7-8-12-20(19)22)16(2)13-23(15)17(3)18-9-5-4-6-10-18/h4-12,15-17H,13-14H2,1-3H3. The van der Waals surface area contributed by atoms with E-state index >= 15 is 0 Å². The Morgan fingerprint density at radius 3 is 2.32 bits per heavy atom. The second-order valence-corrected chi connectivity index (χ2v) is 7.33. The maximum Gasteiger partial charge on any atom is 0.255 e. The van der Waals surface area contributed by atoms with Crippen molar-refractivity contribution in [2.24, 2.45) is 0 Å². The molecule has 3 atom stereocenters. The van der Waals surface area contributed by atoms with E-state index in [0.29, 0.717) is 23.2 Å². The topological polar surface area (TPSA) is 23.6 Å². The van der Waals surface area contributed by atoms with Crippen molar-refractivity contribution in [2.75, 3.05) is 13.1 Å². The van der Waals surface area contributed by atoms with E-state index in [1.54, 1.807) is 12.1 Å². The zero-order valence-electron chi connectivity index (χ0n) is 15.0. The number of nitrogens with zero attached hydrogens (tertiary/aromatic N) is 2. The van der Waals surface area contributed by atoms with Crippen LogP contribution >= 0.6 is 11.6 Å². The molecule has 0 aliphatic carbocycles. The first kappa shape index (κ1) is 18.0. The third-order valence-electron chi connectivity index (χ3n) is 5.18. The quantitative estimate of drug-likeness (QED) is 0.800. The molecule has 132 valence electrons. The Kier molecular flexibility index (Phi) is 5.45. The highest BCUT2D eigenvalue weighted by Gasteiger charge is 2.35. The summed E-state index contributed by atoms with van der Waals surface area (Å²) in [5.41, 5.74) is 1.90. The van der Waals surface area contributed by atoms with Gasteiger partial charge in [-0.25, -0.2) is 0 Å².